The predicted molar refractivity (Wildman–Crippen MR) is 255 cm³/mol. The van der Waals surface area contributed by atoms with Crippen LogP contribution in [0.5, 0.6) is 0 Å². The molecule has 368 valence electrons. The third-order valence-corrected chi connectivity index (χ3v) is 12.3. The minimum absolute atomic E-state index is 0.0386. The number of ether oxygens (including phenoxy) is 1. The number of likely N-dealkylation sites (tertiary alicyclic amines) is 1. The van der Waals surface area contributed by atoms with E-state index >= 15 is 8.78 Å². The van der Waals surface area contributed by atoms with Crippen LogP contribution in [-0.2, 0) is 46.3 Å². The van der Waals surface area contributed by atoms with Gasteiger partial charge in [-0.15, -0.1) is 6.58 Å². The molecule has 6 atom stereocenters. The zero-order chi connectivity index (χ0) is 50.5. The van der Waals surface area contributed by atoms with Gasteiger partial charge >= 0.3 is 11.9 Å². The van der Waals surface area contributed by atoms with Crippen LogP contribution in [0.1, 0.15) is 107 Å². The van der Waals surface area contributed by atoms with Gasteiger partial charge in [-0.05, 0) is 71.6 Å². The summed E-state index contributed by atoms with van der Waals surface area (Å²) in [5, 5.41) is 12.0. The molecule has 3 aromatic carbocycles. The Morgan fingerprint density at radius 3 is 2.20 bits per heavy atom. The molecule has 4 aromatic rings. The Morgan fingerprint density at radius 2 is 1.57 bits per heavy atom. The summed E-state index contributed by atoms with van der Waals surface area (Å²) in [4.78, 5) is 105. The predicted octanol–water partition coefficient (Wildman–Crippen LogP) is 6.16. The molecular formula is C52H63F2N7O8. The summed E-state index contributed by atoms with van der Waals surface area (Å²) in [6, 6.07) is 15.5. The van der Waals surface area contributed by atoms with Crippen molar-refractivity contribution >= 4 is 52.6 Å². The number of carbonyl (C=O) groups excluding carboxylic acids is 7. The number of halogens is 2. The van der Waals surface area contributed by atoms with Crippen molar-refractivity contribution in [2.24, 2.45) is 11.8 Å². The van der Waals surface area contributed by atoms with E-state index in [1.165, 1.54) is 18.6 Å². The first kappa shape index (κ1) is 53.1. The molecule has 2 heterocycles. The summed E-state index contributed by atoms with van der Waals surface area (Å²) in [7, 11) is 0. The van der Waals surface area contributed by atoms with Crippen molar-refractivity contribution in [3.8, 4) is 0 Å². The van der Waals surface area contributed by atoms with Gasteiger partial charge in [0.05, 0.1) is 25.2 Å². The first-order chi connectivity index (χ1) is 32.8. The zero-order valence-corrected chi connectivity index (χ0v) is 40.0. The fourth-order valence-electron chi connectivity index (χ4n) is 8.55. The van der Waals surface area contributed by atoms with Crippen molar-refractivity contribution in [3.05, 3.63) is 120 Å². The largest absolute Gasteiger partial charge is 0.460 e. The number of nitrogens with one attached hydrogen (secondary N) is 4. The van der Waals surface area contributed by atoms with Gasteiger partial charge in [-0.3, -0.25) is 33.8 Å². The lowest BCUT2D eigenvalue weighted by atomic mass is 9.87. The van der Waals surface area contributed by atoms with Crippen molar-refractivity contribution in [2.75, 3.05) is 6.54 Å². The van der Waals surface area contributed by atoms with E-state index in [0.717, 1.165) is 26.8 Å². The standard InChI is InChI=1S/C52H63F2N7O8/c1-8-14-35-15-10-11-16-36(35)21-22-43(63)69-40-27-42(61(29-40)49(67)45(33(5)6)59-48(66)44(32(3)4)58-46(64)41-28-55-24-25-56-41)47(65)60-51(31-62,23-9-2)30-52(53,54)50(68)57-34(7)38-20-19-37-17-12-13-18-39(37)26-38/h8,10-13,15-20,24-26,28,31-34,40,42,44-45H,1,9,14,21-23,27,29-30H2,2-7H3,(H,57,68)(H,58,64)(H,59,66)(H,60,65)/t34-,40?,42-,44-,45-,51+/m0/s1. The number of hydrogen-bond acceptors (Lipinski definition) is 10. The smallest absolute Gasteiger partial charge is 0.327 e. The molecule has 0 saturated carbocycles. The highest BCUT2D eigenvalue weighted by Crippen LogP contribution is 2.32. The molecule has 1 saturated heterocycles. The highest BCUT2D eigenvalue weighted by atomic mass is 19.3. The average molecular weight is 952 g/mol. The van der Waals surface area contributed by atoms with Gasteiger partial charge in [-0.2, -0.15) is 8.78 Å². The third kappa shape index (κ3) is 13.9. The first-order valence-corrected chi connectivity index (χ1v) is 23.3. The summed E-state index contributed by atoms with van der Waals surface area (Å²) in [5.41, 5.74) is 0.148. The van der Waals surface area contributed by atoms with E-state index < -0.39 is 95.5 Å². The number of allylic oxidation sites excluding steroid dienone is 1. The molecule has 69 heavy (non-hydrogen) atoms. The Morgan fingerprint density at radius 1 is 0.884 bits per heavy atom. The summed E-state index contributed by atoms with van der Waals surface area (Å²) < 4.78 is 38.2. The number of amides is 5. The van der Waals surface area contributed by atoms with Crippen molar-refractivity contribution in [2.45, 2.75) is 128 Å². The minimum Gasteiger partial charge on any atom is -0.460 e. The van der Waals surface area contributed by atoms with Crippen LogP contribution < -0.4 is 21.3 Å². The summed E-state index contributed by atoms with van der Waals surface area (Å²) in [6.45, 7) is 13.4. The zero-order valence-electron chi connectivity index (χ0n) is 40.0. The number of esters is 1. The monoisotopic (exact) mass is 951 g/mol. The fourth-order valence-corrected chi connectivity index (χ4v) is 8.55. The molecule has 4 N–H and O–H groups in total. The lowest BCUT2D eigenvalue weighted by Crippen LogP contribution is -2.61. The maximum atomic E-state index is 16.1. The molecule has 5 amide bonds. The van der Waals surface area contributed by atoms with Crippen molar-refractivity contribution < 1.29 is 47.1 Å². The molecule has 1 aliphatic heterocycles. The van der Waals surface area contributed by atoms with Gasteiger partial charge in [0.25, 0.3) is 11.8 Å². The number of rotatable bonds is 23. The molecule has 1 fully saturated rings. The minimum atomic E-state index is -4.16. The molecule has 1 unspecified atom stereocenters. The van der Waals surface area contributed by atoms with Crippen LogP contribution in [0, 0.1) is 11.8 Å². The lowest BCUT2D eigenvalue weighted by molar-refractivity contribution is -0.152. The third-order valence-electron chi connectivity index (χ3n) is 12.3. The Bertz CT molecular complexity index is 2490. The molecule has 0 radical (unpaired) electrons. The number of aromatic nitrogens is 2. The number of hydrogen-bond donors (Lipinski definition) is 4. The van der Waals surface area contributed by atoms with E-state index in [-0.39, 0.29) is 44.2 Å². The van der Waals surface area contributed by atoms with E-state index in [2.05, 4.69) is 37.8 Å². The summed E-state index contributed by atoms with van der Waals surface area (Å²) >= 11 is 0. The second-order valence-corrected chi connectivity index (χ2v) is 18.3. The molecule has 0 bridgehead atoms. The molecule has 1 aromatic heterocycles. The van der Waals surface area contributed by atoms with Gasteiger partial charge in [-0.1, -0.05) is 108 Å². The van der Waals surface area contributed by atoms with Crippen LogP contribution in [0.25, 0.3) is 10.8 Å². The average Bonchev–Trinajstić information content (AvgIpc) is 3.75. The Hall–Kier alpha value is -6.91. The number of alkyl halides is 2. The van der Waals surface area contributed by atoms with E-state index in [4.69, 9.17) is 4.74 Å². The normalized spacial score (nSPS) is 17.0. The number of aldehydes is 1. The van der Waals surface area contributed by atoms with Crippen LogP contribution in [0.3, 0.4) is 0 Å². The lowest BCUT2D eigenvalue weighted by Gasteiger charge is -2.36. The molecule has 15 nitrogen and oxygen atoms in total. The van der Waals surface area contributed by atoms with Gasteiger partial charge in [0.15, 0.2) is 0 Å². The van der Waals surface area contributed by atoms with E-state index in [9.17, 15) is 33.6 Å². The molecule has 17 heteroatoms. The number of nitrogens with zero attached hydrogens (tertiary/aromatic N) is 3. The van der Waals surface area contributed by atoms with Crippen molar-refractivity contribution in [1.29, 1.82) is 0 Å². The van der Waals surface area contributed by atoms with Crippen LogP contribution in [0.2, 0.25) is 0 Å². The SMILES string of the molecule is C=CCc1ccccc1CCC(=O)OC1C[C@@H](C(=O)N[C@](C=O)(CCC)CC(F)(F)C(=O)N[C@@H](C)c2ccc3ccccc3c2)N(C(=O)[C@@H](NC(=O)[C@@H](NC(=O)c2cnccn2)C(C)C)C(C)C)C1. The number of benzene rings is 3. The van der Waals surface area contributed by atoms with Gasteiger partial charge in [0.1, 0.15) is 41.7 Å². The first-order valence-electron chi connectivity index (χ1n) is 23.3. The number of carbonyl (C=O) groups is 7. The van der Waals surface area contributed by atoms with Crippen molar-refractivity contribution in [3.63, 3.8) is 0 Å². The second-order valence-electron chi connectivity index (χ2n) is 18.3. The maximum absolute atomic E-state index is 16.1. The van der Waals surface area contributed by atoms with Gasteiger partial charge in [0.2, 0.25) is 17.7 Å². The Labute approximate surface area is 401 Å². The molecule has 5 rings (SSSR count). The van der Waals surface area contributed by atoms with Crippen molar-refractivity contribution in [1.82, 2.24) is 36.1 Å². The second kappa shape index (κ2) is 23.9. The quantitative estimate of drug-likeness (QED) is 0.0379. The maximum Gasteiger partial charge on any atom is 0.327 e. The molecule has 0 aliphatic carbocycles. The Kier molecular flexibility index (Phi) is 18.4. The van der Waals surface area contributed by atoms with Crippen LogP contribution in [-0.4, -0.2) is 98.9 Å². The Balaban J connectivity index is 1.38. The number of aryl methyl sites for hydroxylation is 1. The van der Waals surface area contributed by atoms with Gasteiger partial charge < -0.3 is 35.7 Å². The molecule has 1 aliphatic rings. The summed E-state index contributed by atoms with van der Waals surface area (Å²) in [6.07, 6.45) is 3.86. The van der Waals surface area contributed by atoms with Gasteiger partial charge in [-0.25, -0.2) is 4.98 Å². The van der Waals surface area contributed by atoms with E-state index in [1.807, 2.05) is 54.6 Å². The highest BCUT2D eigenvalue weighted by molar-refractivity contribution is 5.98. The molecular weight excluding hydrogens is 889 g/mol. The van der Waals surface area contributed by atoms with E-state index in [1.54, 1.807) is 59.8 Å². The van der Waals surface area contributed by atoms with E-state index in [0.29, 0.717) is 18.4 Å². The van der Waals surface area contributed by atoms with Crippen LogP contribution >= 0.6 is 0 Å². The topological polar surface area (TPSA) is 206 Å². The summed E-state index contributed by atoms with van der Waals surface area (Å²) in [5.74, 6) is -10.7. The number of fused-ring (bicyclic) bond motifs is 1. The molecule has 0 spiro atoms. The van der Waals surface area contributed by atoms with Crippen LogP contribution in [0.15, 0.2) is 98.0 Å². The van der Waals surface area contributed by atoms with Crippen LogP contribution in [0.4, 0.5) is 8.78 Å². The van der Waals surface area contributed by atoms with Gasteiger partial charge in [0, 0.05) is 25.2 Å². The fraction of sp³-hybridized carbons (Fsp3) is 0.442. The highest BCUT2D eigenvalue weighted by Gasteiger charge is 2.51.